The van der Waals surface area contributed by atoms with Crippen LogP contribution in [0.15, 0.2) is 47.4 Å². The number of aromatic nitrogens is 1. The molecule has 7 nitrogen and oxygen atoms in total. The van der Waals surface area contributed by atoms with E-state index in [-0.39, 0.29) is 29.5 Å². The van der Waals surface area contributed by atoms with E-state index < -0.39 is 17.6 Å². The summed E-state index contributed by atoms with van der Waals surface area (Å²) >= 11 is 0. The topological polar surface area (TPSA) is 100 Å². The Morgan fingerprint density at radius 3 is 2.57 bits per heavy atom. The molecule has 0 bridgehead atoms. The Morgan fingerprint density at radius 2 is 1.93 bits per heavy atom. The van der Waals surface area contributed by atoms with Crippen LogP contribution in [0, 0.1) is 5.92 Å². The summed E-state index contributed by atoms with van der Waals surface area (Å²) in [6.45, 7) is 0.624. The monoisotopic (exact) mass is 383 g/mol. The quantitative estimate of drug-likeness (QED) is 0.697. The Bertz CT molecular complexity index is 908. The molecule has 3 rings (SSSR count). The maximum atomic E-state index is 12.7. The minimum Gasteiger partial charge on any atom is -0.393 e. The van der Waals surface area contributed by atoms with Crippen molar-refractivity contribution in [3.8, 4) is 0 Å². The highest BCUT2D eigenvalue weighted by atomic mass is 16.3. The molecule has 1 aliphatic carbocycles. The van der Waals surface area contributed by atoms with Crippen LogP contribution in [0.2, 0.25) is 0 Å². The van der Waals surface area contributed by atoms with Gasteiger partial charge in [0, 0.05) is 25.7 Å². The zero-order valence-electron chi connectivity index (χ0n) is 15.9. The summed E-state index contributed by atoms with van der Waals surface area (Å²) in [7, 11) is 1.44. The predicted octanol–water partition coefficient (Wildman–Crippen LogP) is 1.15. The van der Waals surface area contributed by atoms with E-state index in [9.17, 15) is 19.5 Å². The van der Waals surface area contributed by atoms with Crippen LogP contribution in [0.5, 0.6) is 0 Å². The number of benzene rings is 1. The van der Waals surface area contributed by atoms with Gasteiger partial charge in [-0.25, -0.2) is 0 Å². The van der Waals surface area contributed by atoms with Crippen LogP contribution in [-0.4, -0.2) is 41.2 Å². The van der Waals surface area contributed by atoms with Gasteiger partial charge in [0.15, 0.2) is 0 Å². The van der Waals surface area contributed by atoms with Gasteiger partial charge in [-0.2, -0.15) is 0 Å². The average molecular weight is 383 g/mol. The van der Waals surface area contributed by atoms with Crippen LogP contribution in [0.25, 0.3) is 0 Å². The van der Waals surface area contributed by atoms with Gasteiger partial charge in [0.25, 0.3) is 17.4 Å². The number of aliphatic hydroxyl groups is 1. The summed E-state index contributed by atoms with van der Waals surface area (Å²) in [5.74, 6) is -0.865. The van der Waals surface area contributed by atoms with E-state index in [0.29, 0.717) is 6.54 Å². The molecule has 1 fully saturated rings. The highest BCUT2D eigenvalue weighted by molar-refractivity contribution is 5.99. The van der Waals surface area contributed by atoms with Gasteiger partial charge in [-0.1, -0.05) is 36.8 Å². The van der Waals surface area contributed by atoms with Crippen molar-refractivity contribution >= 4 is 11.8 Å². The Labute approximate surface area is 163 Å². The first kappa shape index (κ1) is 19.8. The van der Waals surface area contributed by atoms with Gasteiger partial charge >= 0.3 is 0 Å². The number of nitrogens with one attached hydrogen (secondary N) is 2. The number of amides is 2. The molecule has 1 heterocycles. The van der Waals surface area contributed by atoms with E-state index in [1.54, 1.807) is 0 Å². The lowest BCUT2D eigenvalue weighted by Crippen LogP contribution is -2.36. The fraction of sp³-hybridized carbons (Fsp3) is 0.381. The van der Waals surface area contributed by atoms with Crippen LogP contribution < -0.4 is 16.2 Å². The Hall–Kier alpha value is -2.93. The molecule has 148 valence electrons. The van der Waals surface area contributed by atoms with Gasteiger partial charge in [-0.3, -0.25) is 14.4 Å². The van der Waals surface area contributed by atoms with E-state index in [1.807, 2.05) is 30.3 Å². The predicted molar refractivity (Wildman–Crippen MR) is 105 cm³/mol. The highest BCUT2D eigenvalue weighted by Gasteiger charge is 2.26. The Balaban J connectivity index is 1.87. The Kier molecular flexibility index (Phi) is 6.26. The van der Waals surface area contributed by atoms with Gasteiger partial charge in [0.2, 0.25) is 0 Å². The molecular formula is C21H25N3O4. The van der Waals surface area contributed by atoms with Crippen molar-refractivity contribution in [2.24, 2.45) is 5.92 Å². The van der Waals surface area contributed by atoms with E-state index in [0.717, 1.165) is 24.8 Å². The summed E-state index contributed by atoms with van der Waals surface area (Å²) in [6, 6.07) is 10.7. The first-order valence-electron chi connectivity index (χ1n) is 9.46. The molecule has 28 heavy (non-hydrogen) atoms. The lowest BCUT2D eigenvalue weighted by molar-refractivity contribution is 0.0916. The van der Waals surface area contributed by atoms with Crippen LogP contribution in [0.3, 0.4) is 0 Å². The Morgan fingerprint density at radius 1 is 1.18 bits per heavy atom. The largest absolute Gasteiger partial charge is 0.393 e. The number of carbonyl (C=O) groups excluding carboxylic acids is 2. The number of carbonyl (C=O) groups is 2. The number of pyridine rings is 1. The molecule has 0 aliphatic heterocycles. The van der Waals surface area contributed by atoms with Crippen molar-refractivity contribution < 1.29 is 14.7 Å². The second kappa shape index (κ2) is 8.84. The summed E-state index contributed by atoms with van der Waals surface area (Å²) in [5, 5.41) is 15.2. The van der Waals surface area contributed by atoms with Crippen molar-refractivity contribution in [2.45, 2.75) is 31.9 Å². The molecule has 2 atom stereocenters. The van der Waals surface area contributed by atoms with Crippen LogP contribution in [-0.2, 0) is 6.54 Å². The van der Waals surface area contributed by atoms with Crippen molar-refractivity contribution in [1.82, 2.24) is 15.2 Å². The molecular weight excluding hydrogens is 358 g/mol. The van der Waals surface area contributed by atoms with Gasteiger partial charge in [0.05, 0.1) is 18.2 Å². The molecule has 0 radical (unpaired) electrons. The molecule has 1 saturated carbocycles. The zero-order valence-corrected chi connectivity index (χ0v) is 15.9. The third-order valence-electron chi connectivity index (χ3n) is 5.16. The number of hydrogen-bond acceptors (Lipinski definition) is 4. The van der Waals surface area contributed by atoms with Crippen LogP contribution in [0.4, 0.5) is 0 Å². The van der Waals surface area contributed by atoms with E-state index in [2.05, 4.69) is 10.6 Å². The first-order chi connectivity index (χ1) is 13.5. The summed E-state index contributed by atoms with van der Waals surface area (Å²) in [5.41, 5.74) is 0.596. The first-order valence-corrected chi connectivity index (χ1v) is 9.46. The maximum absolute atomic E-state index is 12.7. The average Bonchev–Trinajstić information content (AvgIpc) is 3.12. The van der Waals surface area contributed by atoms with Crippen molar-refractivity contribution in [2.75, 3.05) is 13.6 Å². The molecule has 1 aliphatic rings. The molecule has 0 spiro atoms. The second-order valence-electron chi connectivity index (χ2n) is 7.11. The lowest BCUT2D eigenvalue weighted by Gasteiger charge is -2.16. The second-order valence-corrected chi connectivity index (χ2v) is 7.11. The molecule has 0 saturated heterocycles. The van der Waals surface area contributed by atoms with E-state index in [1.165, 1.54) is 23.9 Å². The molecule has 1 aromatic carbocycles. The van der Waals surface area contributed by atoms with Gasteiger partial charge in [-0.05, 0) is 24.5 Å². The maximum Gasteiger partial charge on any atom is 0.263 e. The lowest BCUT2D eigenvalue weighted by atomic mass is 10.1. The molecule has 3 N–H and O–H groups in total. The molecule has 7 heteroatoms. The number of hydrogen-bond donors (Lipinski definition) is 3. The molecule has 2 aromatic rings. The number of rotatable bonds is 6. The molecule has 2 amide bonds. The van der Waals surface area contributed by atoms with Crippen LogP contribution in [0.1, 0.15) is 45.5 Å². The van der Waals surface area contributed by atoms with Crippen molar-refractivity contribution in [3.63, 3.8) is 0 Å². The molecule has 1 aromatic heterocycles. The van der Waals surface area contributed by atoms with Gasteiger partial charge < -0.3 is 20.3 Å². The third kappa shape index (κ3) is 4.48. The van der Waals surface area contributed by atoms with Crippen molar-refractivity contribution in [1.29, 1.82) is 0 Å². The van der Waals surface area contributed by atoms with Crippen molar-refractivity contribution in [3.05, 3.63) is 69.6 Å². The SMILES string of the molecule is CNC(=O)c1cc(C(=O)NC[C@H]2CCC[C@@H]2O)cn(Cc2ccccc2)c1=O. The summed E-state index contributed by atoms with van der Waals surface area (Å²) in [4.78, 5) is 37.5. The van der Waals surface area contributed by atoms with Crippen LogP contribution >= 0.6 is 0 Å². The van der Waals surface area contributed by atoms with Gasteiger partial charge in [-0.15, -0.1) is 0 Å². The summed E-state index contributed by atoms with van der Waals surface area (Å²) in [6.07, 6.45) is 3.66. The normalized spacial score (nSPS) is 18.6. The minimum absolute atomic E-state index is 0.0394. The number of nitrogens with zero attached hydrogens (tertiary/aromatic N) is 1. The third-order valence-corrected chi connectivity index (χ3v) is 5.16. The molecule has 0 unspecified atom stereocenters. The smallest absolute Gasteiger partial charge is 0.263 e. The summed E-state index contributed by atoms with van der Waals surface area (Å²) < 4.78 is 1.37. The standard InChI is InChI=1S/C21H25N3O4/c1-22-20(27)17-10-16(19(26)23-11-15-8-5-9-18(15)25)13-24(21(17)28)12-14-6-3-2-4-7-14/h2-4,6-7,10,13,15,18,25H,5,8-9,11-12H2,1H3,(H,22,27)(H,23,26)/t15-,18+/m1/s1. The van der Waals surface area contributed by atoms with Gasteiger partial charge in [0.1, 0.15) is 5.56 Å². The van der Waals surface area contributed by atoms with E-state index in [4.69, 9.17) is 0 Å². The number of aliphatic hydroxyl groups excluding tert-OH is 1. The minimum atomic E-state index is -0.535. The van der Waals surface area contributed by atoms with E-state index >= 15 is 0 Å². The highest BCUT2D eigenvalue weighted by Crippen LogP contribution is 2.24. The fourth-order valence-electron chi connectivity index (χ4n) is 3.54. The fourth-order valence-corrected chi connectivity index (χ4v) is 3.54. The zero-order chi connectivity index (χ0) is 20.1.